The Labute approximate surface area is 260 Å². The topological polar surface area (TPSA) is 88.1 Å². The van der Waals surface area contributed by atoms with E-state index in [1.165, 1.54) is 6.08 Å². The smallest absolute Gasteiger partial charge is 0.343 e. The summed E-state index contributed by atoms with van der Waals surface area (Å²) in [5.41, 5.74) is 2.89. The Balaban J connectivity index is 1.41. The zero-order chi connectivity index (χ0) is 31.6. The molecule has 0 saturated carbocycles. The van der Waals surface area contributed by atoms with Crippen LogP contribution in [0.15, 0.2) is 78.9 Å². The molecule has 0 aliphatic heterocycles. The van der Waals surface area contributed by atoms with Crippen molar-refractivity contribution in [2.24, 2.45) is 5.92 Å². The van der Waals surface area contributed by atoms with Crippen LogP contribution in [0.25, 0.3) is 6.08 Å². The van der Waals surface area contributed by atoms with Gasteiger partial charge in [-0.25, -0.2) is 9.59 Å². The van der Waals surface area contributed by atoms with E-state index in [9.17, 15) is 14.4 Å². The number of carbonyl (C=O) groups excluding carboxylic acids is 3. The lowest BCUT2D eigenvalue weighted by Gasteiger charge is -2.10. The summed E-state index contributed by atoms with van der Waals surface area (Å²) in [5, 5.41) is 0. The summed E-state index contributed by atoms with van der Waals surface area (Å²) < 4.78 is 21.6. The summed E-state index contributed by atoms with van der Waals surface area (Å²) in [6.45, 7) is 7.17. The summed E-state index contributed by atoms with van der Waals surface area (Å²) >= 11 is 0. The van der Waals surface area contributed by atoms with Crippen LogP contribution in [0, 0.1) is 17.8 Å². The maximum atomic E-state index is 12.6. The Kier molecular flexibility index (Phi) is 14.3. The molecule has 1 unspecified atom stereocenters. The number of rotatable bonds is 15. The number of esters is 3. The second-order valence-corrected chi connectivity index (χ2v) is 10.2. The van der Waals surface area contributed by atoms with Gasteiger partial charge in [-0.1, -0.05) is 51.2 Å². The molecule has 0 fully saturated rings. The van der Waals surface area contributed by atoms with E-state index in [0.717, 1.165) is 48.8 Å². The SMILES string of the molecule is CCCCOC(=O)/C=C/c1ccc(C#Cc2ccc(OC(=O)c3ccc(OCCCCOC(=O)C(C)CC)cc3)cc2)cc1. The fourth-order valence-electron chi connectivity index (χ4n) is 3.69. The second kappa shape index (κ2) is 18.7. The molecular formula is C37H40O7. The van der Waals surface area contributed by atoms with Crippen molar-refractivity contribution < 1.29 is 33.3 Å². The van der Waals surface area contributed by atoms with Crippen molar-refractivity contribution in [2.75, 3.05) is 19.8 Å². The van der Waals surface area contributed by atoms with Crippen LogP contribution >= 0.6 is 0 Å². The fraction of sp³-hybridized carbons (Fsp3) is 0.324. The van der Waals surface area contributed by atoms with Crippen molar-refractivity contribution in [2.45, 2.75) is 52.9 Å². The Morgan fingerprint density at radius 3 is 1.95 bits per heavy atom. The molecule has 0 radical (unpaired) electrons. The van der Waals surface area contributed by atoms with Crippen molar-refractivity contribution in [1.29, 1.82) is 0 Å². The second-order valence-electron chi connectivity index (χ2n) is 10.2. The van der Waals surface area contributed by atoms with Crippen LogP contribution < -0.4 is 9.47 Å². The lowest BCUT2D eigenvalue weighted by Crippen LogP contribution is -2.15. The monoisotopic (exact) mass is 596 g/mol. The average Bonchev–Trinajstić information content (AvgIpc) is 3.05. The number of ether oxygens (including phenoxy) is 4. The van der Waals surface area contributed by atoms with Crippen molar-refractivity contribution in [3.63, 3.8) is 0 Å². The van der Waals surface area contributed by atoms with Crippen LogP contribution in [-0.4, -0.2) is 37.7 Å². The zero-order valence-electron chi connectivity index (χ0n) is 25.7. The van der Waals surface area contributed by atoms with Gasteiger partial charge in [0, 0.05) is 17.2 Å². The van der Waals surface area contributed by atoms with Gasteiger partial charge >= 0.3 is 17.9 Å². The number of benzene rings is 3. The van der Waals surface area contributed by atoms with E-state index >= 15 is 0 Å². The first-order valence-corrected chi connectivity index (χ1v) is 15.1. The van der Waals surface area contributed by atoms with Gasteiger partial charge in [0.05, 0.1) is 31.3 Å². The third-order valence-electron chi connectivity index (χ3n) is 6.64. The van der Waals surface area contributed by atoms with E-state index < -0.39 is 5.97 Å². The van der Waals surface area contributed by atoms with Gasteiger partial charge in [-0.2, -0.15) is 0 Å². The highest BCUT2D eigenvalue weighted by Crippen LogP contribution is 2.17. The van der Waals surface area contributed by atoms with Gasteiger partial charge in [-0.3, -0.25) is 4.79 Å². The summed E-state index contributed by atoms with van der Waals surface area (Å²) in [7, 11) is 0. The van der Waals surface area contributed by atoms with Gasteiger partial charge < -0.3 is 18.9 Å². The van der Waals surface area contributed by atoms with E-state index in [0.29, 0.717) is 36.9 Å². The highest BCUT2D eigenvalue weighted by Gasteiger charge is 2.11. The van der Waals surface area contributed by atoms with Crippen LogP contribution in [0.5, 0.6) is 11.5 Å². The molecule has 0 bridgehead atoms. The molecule has 1 atom stereocenters. The molecule has 3 aromatic carbocycles. The standard InChI is InChI=1S/C37H40O7/c1-4-6-25-42-35(38)24-17-30-12-9-29(10-13-30)11-14-31-15-20-34(21-16-31)44-37(40)32-18-22-33(23-19-32)41-26-7-8-27-43-36(39)28(3)5-2/h9-10,12-13,15-24,28H,4-8,25-27H2,1-3H3/b24-17+. The largest absolute Gasteiger partial charge is 0.494 e. The highest BCUT2D eigenvalue weighted by atomic mass is 16.5. The summed E-state index contributed by atoms with van der Waals surface area (Å²) in [6.07, 6.45) is 7.22. The first-order chi connectivity index (χ1) is 21.4. The van der Waals surface area contributed by atoms with Crippen LogP contribution in [0.3, 0.4) is 0 Å². The van der Waals surface area contributed by atoms with Gasteiger partial charge in [0.15, 0.2) is 0 Å². The molecule has 0 spiro atoms. The fourth-order valence-corrected chi connectivity index (χ4v) is 3.69. The lowest BCUT2D eigenvalue weighted by molar-refractivity contribution is -0.148. The van der Waals surface area contributed by atoms with E-state index in [4.69, 9.17) is 18.9 Å². The quantitative estimate of drug-likeness (QED) is 0.0593. The molecule has 0 amide bonds. The Morgan fingerprint density at radius 2 is 1.32 bits per heavy atom. The van der Waals surface area contributed by atoms with Gasteiger partial charge in [-0.15, -0.1) is 0 Å². The zero-order valence-corrected chi connectivity index (χ0v) is 25.7. The number of unbranched alkanes of at least 4 members (excludes halogenated alkanes) is 2. The van der Waals surface area contributed by atoms with Crippen molar-refractivity contribution in [1.82, 2.24) is 0 Å². The van der Waals surface area contributed by atoms with Gasteiger partial charge in [-0.05, 0) is 98.0 Å². The predicted molar refractivity (Wildman–Crippen MR) is 170 cm³/mol. The van der Waals surface area contributed by atoms with E-state index in [1.54, 1.807) is 54.6 Å². The van der Waals surface area contributed by atoms with Gasteiger partial charge in [0.2, 0.25) is 0 Å². The van der Waals surface area contributed by atoms with E-state index in [1.807, 2.05) is 45.0 Å². The Hall–Kier alpha value is -4.83. The molecule has 0 heterocycles. The molecule has 44 heavy (non-hydrogen) atoms. The molecule has 0 saturated heterocycles. The summed E-state index contributed by atoms with van der Waals surface area (Å²) in [4.78, 5) is 36.0. The van der Waals surface area contributed by atoms with Crippen LogP contribution in [0.4, 0.5) is 0 Å². The molecule has 7 nitrogen and oxygen atoms in total. The Morgan fingerprint density at radius 1 is 0.727 bits per heavy atom. The summed E-state index contributed by atoms with van der Waals surface area (Å²) in [6, 6.07) is 21.3. The van der Waals surface area contributed by atoms with E-state index in [2.05, 4.69) is 11.8 Å². The Bertz CT molecular complexity index is 1430. The third kappa shape index (κ3) is 12.2. The van der Waals surface area contributed by atoms with Crippen LogP contribution in [0.1, 0.15) is 79.9 Å². The molecule has 0 aromatic heterocycles. The molecule has 3 rings (SSSR count). The summed E-state index contributed by atoms with van der Waals surface area (Å²) in [5.74, 6) is 6.22. The van der Waals surface area contributed by atoms with Gasteiger partial charge in [0.1, 0.15) is 11.5 Å². The van der Waals surface area contributed by atoms with Gasteiger partial charge in [0.25, 0.3) is 0 Å². The molecule has 230 valence electrons. The maximum Gasteiger partial charge on any atom is 0.343 e. The number of hydrogen-bond acceptors (Lipinski definition) is 7. The first-order valence-electron chi connectivity index (χ1n) is 15.1. The third-order valence-corrected chi connectivity index (χ3v) is 6.64. The van der Waals surface area contributed by atoms with Crippen molar-refractivity contribution in [3.05, 3.63) is 101 Å². The predicted octanol–water partition coefficient (Wildman–Crippen LogP) is 7.41. The molecule has 7 heteroatoms. The number of hydrogen-bond donors (Lipinski definition) is 0. The minimum Gasteiger partial charge on any atom is -0.494 e. The van der Waals surface area contributed by atoms with Crippen LogP contribution in [0.2, 0.25) is 0 Å². The van der Waals surface area contributed by atoms with Crippen LogP contribution in [-0.2, 0) is 19.1 Å². The molecule has 3 aromatic rings. The lowest BCUT2D eigenvalue weighted by atomic mass is 10.1. The molecule has 0 aliphatic rings. The minimum absolute atomic E-state index is 0.0733. The van der Waals surface area contributed by atoms with Crippen molar-refractivity contribution in [3.8, 4) is 23.3 Å². The highest BCUT2D eigenvalue weighted by molar-refractivity contribution is 5.91. The normalized spacial score (nSPS) is 11.2. The number of carbonyl (C=O) groups is 3. The molecule has 0 N–H and O–H groups in total. The minimum atomic E-state index is -0.470. The molecule has 0 aliphatic carbocycles. The average molecular weight is 597 g/mol. The van der Waals surface area contributed by atoms with E-state index in [-0.39, 0.29) is 17.9 Å². The first kappa shape index (κ1) is 33.7. The maximum absolute atomic E-state index is 12.6. The molecular weight excluding hydrogens is 556 g/mol. The van der Waals surface area contributed by atoms with Crippen molar-refractivity contribution >= 4 is 24.0 Å².